The molecule has 0 radical (unpaired) electrons. The molecule has 1 saturated heterocycles. The first-order chi connectivity index (χ1) is 8.54. The maximum absolute atomic E-state index is 11.9. The molecule has 18 heavy (non-hydrogen) atoms. The molecular formula is C11H16N4O3. The standard InChI is InChI=1S/C11H16N4O3/c1-14-3-2-8(5-14)11(18)13-9-4-12-15(6-9)7-10(16)17/h4,6,8H,2-3,5,7H2,1H3,(H,13,18)(H,16,17). The van der Waals surface area contributed by atoms with Gasteiger partial charge in [-0.25, -0.2) is 0 Å². The number of amides is 1. The van der Waals surface area contributed by atoms with Crippen molar-refractivity contribution in [1.82, 2.24) is 14.7 Å². The summed E-state index contributed by atoms with van der Waals surface area (Å²) in [4.78, 5) is 24.5. The molecular weight excluding hydrogens is 236 g/mol. The van der Waals surface area contributed by atoms with Crippen LogP contribution in [0, 0.1) is 5.92 Å². The number of aromatic nitrogens is 2. The van der Waals surface area contributed by atoms with Crippen LogP contribution in [0.2, 0.25) is 0 Å². The number of hydrogen-bond donors (Lipinski definition) is 2. The van der Waals surface area contributed by atoms with Crippen molar-refractivity contribution >= 4 is 17.6 Å². The Morgan fingerprint density at radius 2 is 2.39 bits per heavy atom. The van der Waals surface area contributed by atoms with Gasteiger partial charge in [-0.3, -0.25) is 14.3 Å². The lowest BCUT2D eigenvalue weighted by Crippen LogP contribution is -2.25. The van der Waals surface area contributed by atoms with Crippen LogP contribution in [0.5, 0.6) is 0 Å². The number of rotatable bonds is 4. The Kier molecular flexibility index (Phi) is 3.61. The van der Waals surface area contributed by atoms with Gasteiger partial charge in [0, 0.05) is 12.7 Å². The van der Waals surface area contributed by atoms with Crippen molar-refractivity contribution in [2.24, 2.45) is 5.92 Å². The SMILES string of the molecule is CN1CCC(C(=O)Nc2cnn(CC(=O)O)c2)C1. The van der Waals surface area contributed by atoms with Gasteiger partial charge in [-0.2, -0.15) is 5.10 Å². The Bertz CT molecular complexity index is 457. The largest absolute Gasteiger partial charge is 0.480 e. The summed E-state index contributed by atoms with van der Waals surface area (Å²) in [5.74, 6) is -1.000. The minimum Gasteiger partial charge on any atom is -0.480 e. The normalized spacial score (nSPS) is 19.9. The van der Waals surface area contributed by atoms with E-state index >= 15 is 0 Å². The lowest BCUT2D eigenvalue weighted by molar-refractivity contribution is -0.137. The zero-order valence-corrected chi connectivity index (χ0v) is 10.2. The van der Waals surface area contributed by atoms with E-state index in [-0.39, 0.29) is 18.4 Å². The van der Waals surface area contributed by atoms with E-state index in [4.69, 9.17) is 5.11 Å². The number of nitrogens with one attached hydrogen (secondary N) is 1. The molecule has 2 heterocycles. The monoisotopic (exact) mass is 252 g/mol. The van der Waals surface area contributed by atoms with Crippen LogP contribution in [0.4, 0.5) is 5.69 Å². The fraction of sp³-hybridized carbons (Fsp3) is 0.545. The maximum atomic E-state index is 11.9. The van der Waals surface area contributed by atoms with Gasteiger partial charge in [-0.05, 0) is 20.0 Å². The summed E-state index contributed by atoms with van der Waals surface area (Å²) in [6.45, 7) is 1.48. The number of hydrogen-bond acceptors (Lipinski definition) is 4. The lowest BCUT2D eigenvalue weighted by atomic mass is 10.1. The number of carboxylic acids is 1. The third kappa shape index (κ3) is 3.07. The summed E-state index contributed by atoms with van der Waals surface area (Å²) in [5.41, 5.74) is 0.538. The van der Waals surface area contributed by atoms with Crippen molar-refractivity contribution in [3.05, 3.63) is 12.4 Å². The van der Waals surface area contributed by atoms with E-state index in [0.717, 1.165) is 19.5 Å². The van der Waals surface area contributed by atoms with E-state index in [1.54, 1.807) is 0 Å². The molecule has 1 amide bonds. The van der Waals surface area contributed by atoms with Crippen LogP contribution in [-0.4, -0.2) is 51.8 Å². The third-order valence-electron chi connectivity index (χ3n) is 2.96. The molecule has 7 heteroatoms. The van der Waals surface area contributed by atoms with Gasteiger partial charge in [0.15, 0.2) is 0 Å². The van der Waals surface area contributed by atoms with Crippen LogP contribution < -0.4 is 5.32 Å². The van der Waals surface area contributed by atoms with Crippen molar-refractivity contribution in [2.45, 2.75) is 13.0 Å². The predicted molar refractivity (Wildman–Crippen MR) is 64.1 cm³/mol. The molecule has 7 nitrogen and oxygen atoms in total. The number of carbonyl (C=O) groups is 2. The first-order valence-electron chi connectivity index (χ1n) is 5.78. The highest BCUT2D eigenvalue weighted by atomic mass is 16.4. The van der Waals surface area contributed by atoms with Crippen LogP contribution in [0.3, 0.4) is 0 Å². The predicted octanol–water partition coefficient (Wildman–Crippen LogP) is -0.142. The second-order valence-corrected chi connectivity index (χ2v) is 4.56. The maximum Gasteiger partial charge on any atom is 0.325 e. The highest BCUT2D eigenvalue weighted by Gasteiger charge is 2.26. The van der Waals surface area contributed by atoms with Crippen molar-refractivity contribution in [2.75, 3.05) is 25.5 Å². The van der Waals surface area contributed by atoms with E-state index in [0.29, 0.717) is 5.69 Å². The summed E-state index contributed by atoms with van der Waals surface area (Å²) in [6, 6.07) is 0. The first-order valence-corrected chi connectivity index (χ1v) is 5.78. The van der Waals surface area contributed by atoms with Crippen LogP contribution in [-0.2, 0) is 16.1 Å². The van der Waals surface area contributed by atoms with Crippen LogP contribution in [0.15, 0.2) is 12.4 Å². The van der Waals surface area contributed by atoms with Gasteiger partial charge in [0.1, 0.15) is 6.54 Å². The summed E-state index contributed by atoms with van der Waals surface area (Å²) in [6.07, 6.45) is 3.83. The Labute approximate surface area is 104 Å². The molecule has 0 bridgehead atoms. The molecule has 1 aromatic heterocycles. The highest BCUT2D eigenvalue weighted by Crippen LogP contribution is 2.16. The van der Waals surface area contributed by atoms with Crippen LogP contribution >= 0.6 is 0 Å². The van der Waals surface area contributed by atoms with Gasteiger partial charge < -0.3 is 15.3 Å². The number of aliphatic carboxylic acids is 1. The van der Waals surface area contributed by atoms with E-state index in [2.05, 4.69) is 15.3 Å². The van der Waals surface area contributed by atoms with Gasteiger partial charge in [-0.1, -0.05) is 0 Å². The average Bonchev–Trinajstić information content (AvgIpc) is 2.87. The van der Waals surface area contributed by atoms with Gasteiger partial charge in [0.2, 0.25) is 5.91 Å². The molecule has 1 atom stereocenters. The number of nitrogens with zero attached hydrogens (tertiary/aromatic N) is 3. The summed E-state index contributed by atoms with van der Waals surface area (Å²) >= 11 is 0. The van der Waals surface area contributed by atoms with Gasteiger partial charge >= 0.3 is 5.97 Å². The van der Waals surface area contributed by atoms with Gasteiger partial charge in [0.25, 0.3) is 0 Å². The Hall–Kier alpha value is -1.89. The molecule has 98 valence electrons. The lowest BCUT2D eigenvalue weighted by Gasteiger charge is -2.09. The molecule has 0 aromatic carbocycles. The molecule has 0 aliphatic carbocycles. The molecule has 1 aliphatic rings. The van der Waals surface area contributed by atoms with Gasteiger partial charge in [-0.15, -0.1) is 0 Å². The Morgan fingerprint density at radius 3 is 3.00 bits per heavy atom. The van der Waals surface area contributed by atoms with Crippen molar-refractivity contribution in [3.63, 3.8) is 0 Å². The molecule has 1 aromatic rings. The second-order valence-electron chi connectivity index (χ2n) is 4.56. The topological polar surface area (TPSA) is 87.5 Å². The molecule has 2 N–H and O–H groups in total. The minimum absolute atomic E-state index is 0.00202. The number of carboxylic acid groups (broad SMARTS) is 1. The van der Waals surface area contributed by atoms with Crippen molar-refractivity contribution in [3.8, 4) is 0 Å². The number of anilines is 1. The van der Waals surface area contributed by atoms with E-state index in [9.17, 15) is 9.59 Å². The molecule has 1 unspecified atom stereocenters. The first kappa shape index (κ1) is 12.6. The number of likely N-dealkylation sites (tertiary alicyclic amines) is 1. The third-order valence-corrected chi connectivity index (χ3v) is 2.96. The summed E-state index contributed by atoms with van der Waals surface area (Å²) in [5, 5.41) is 15.2. The molecule has 1 fully saturated rings. The summed E-state index contributed by atoms with van der Waals surface area (Å²) < 4.78 is 1.28. The van der Waals surface area contributed by atoms with E-state index < -0.39 is 5.97 Å². The zero-order chi connectivity index (χ0) is 13.1. The van der Waals surface area contributed by atoms with Crippen molar-refractivity contribution in [1.29, 1.82) is 0 Å². The van der Waals surface area contributed by atoms with Gasteiger partial charge in [0.05, 0.1) is 17.8 Å². The smallest absolute Gasteiger partial charge is 0.325 e. The van der Waals surface area contributed by atoms with Crippen molar-refractivity contribution < 1.29 is 14.7 Å². The molecule has 0 spiro atoms. The van der Waals surface area contributed by atoms with Crippen LogP contribution in [0.1, 0.15) is 6.42 Å². The average molecular weight is 252 g/mol. The molecule has 0 saturated carbocycles. The fourth-order valence-corrected chi connectivity index (χ4v) is 2.05. The second kappa shape index (κ2) is 5.18. The number of carbonyl (C=O) groups excluding carboxylic acids is 1. The minimum atomic E-state index is -0.964. The van der Waals surface area contributed by atoms with E-state index in [1.165, 1.54) is 17.1 Å². The zero-order valence-electron chi connectivity index (χ0n) is 10.2. The van der Waals surface area contributed by atoms with E-state index in [1.807, 2.05) is 7.05 Å². The quantitative estimate of drug-likeness (QED) is 0.778. The highest BCUT2D eigenvalue weighted by molar-refractivity contribution is 5.92. The Balaban J connectivity index is 1.91. The molecule has 2 rings (SSSR count). The molecule has 1 aliphatic heterocycles. The summed E-state index contributed by atoms with van der Waals surface area (Å²) in [7, 11) is 1.98. The Morgan fingerprint density at radius 1 is 1.61 bits per heavy atom. The fourth-order valence-electron chi connectivity index (χ4n) is 2.05. The van der Waals surface area contributed by atoms with Crippen LogP contribution in [0.25, 0.3) is 0 Å².